The molecule has 0 bridgehead atoms. The number of benzene rings is 2. The molecule has 2 heterocycles. The van der Waals surface area contributed by atoms with Gasteiger partial charge in [0.15, 0.2) is 11.6 Å². The normalized spacial score (nSPS) is 12.4. The maximum atomic E-state index is 13.3. The molecule has 0 radical (unpaired) electrons. The van der Waals surface area contributed by atoms with Crippen LogP contribution < -0.4 is 20.1 Å². The molecular formula is C26H25F4N5O4S. The van der Waals surface area contributed by atoms with Gasteiger partial charge in [0.1, 0.15) is 29.1 Å². The van der Waals surface area contributed by atoms with Crippen LogP contribution in [0.15, 0.2) is 61.1 Å². The Morgan fingerprint density at radius 3 is 2.65 bits per heavy atom. The van der Waals surface area contributed by atoms with Gasteiger partial charge in [0.05, 0.1) is 11.8 Å². The molecule has 2 N–H and O–H groups in total. The van der Waals surface area contributed by atoms with Gasteiger partial charge in [0.2, 0.25) is 0 Å². The SMILES string of the molecule is Cc1cc(Nc2ncnc3ccn(CCNC(=O)C[S+](C)[O-])c23)ccc1Oc1cccc(OC(F)(F)C(F)F)c1. The number of hydrogen-bond donors (Lipinski definition) is 2. The van der Waals surface area contributed by atoms with Gasteiger partial charge in [-0.05, 0) is 60.1 Å². The van der Waals surface area contributed by atoms with Crippen molar-refractivity contribution in [2.45, 2.75) is 26.0 Å². The van der Waals surface area contributed by atoms with Gasteiger partial charge in [-0.15, -0.1) is 0 Å². The van der Waals surface area contributed by atoms with Crippen molar-refractivity contribution in [1.29, 1.82) is 0 Å². The summed E-state index contributed by atoms with van der Waals surface area (Å²) in [7, 11) is 0. The number of anilines is 2. The molecule has 2 aromatic heterocycles. The standard InChI is InChI=1S/C26H25F4N5O4S/c1-16-12-17(6-7-21(16)38-18-4-3-5-19(13-18)39-26(29,30)25(27)28)34-24-23-20(32-15-33-24)8-10-35(23)11-9-31-22(36)14-40(2)37/h3-8,10,12-13,15,25H,9,11,14H2,1-2H3,(H,31,36)(H,32,33,34). The molecular weight excluding hydrogens is 554 g/mol. The molecule has 1 unspecified atom stereocenters. The number of halogens is 4. The molecule has 212 valence electrons. The number of hydrogen-bond acceptors (Lipinski definition) is 7. The highest BCUT2D eigenvalue weighted by Crippen LogP contribution is 2.33. The van der Waals surface area contributed by atoms with E-state index in [0.29, 0.717) is 46.9 Å². The largest absolute Gasteiger partial charge is 0.616 e. The van der Waals surface area contributed by atoms with E-state index in [4.69, 9.17) is 4.74 Å². The number of nitrogens with zero attached hydrogens (tertiary/aromatic N) is 3. The smallest absolute Gasteiger partial charge is 0.461 e. The Morgan fingerprint density at radius 1 is 1.15 bits per heavy atom. The summed E-state index contributed by atoms with van der Waals surface area (Å²) in [4.78, 5) is 20.4. The molecule has 2 aromatic carbocycles. The van der Waals surface area contributed by atoms with E-state index in [1.807, 2.05) is 16.8 Å². The second kappa shape index (κ2) is 12.4. The van der Waals surface area contributed by atoms with Crippen LogP contribution in [0.3, 0.4) is 0 Å². The van der Waals surface area contributed by atoms with Crippen molar-refractivity contribution in [1.82, 2.24) is 19.9 Å². The first-order chi connectivity index (χ1) is 19.0. The number of fused-ring (bicyclic) bond motifs is 1. The lowest BCUT2D eigenvalue weighted by Gasteiger charge is -2.17. The quantitative estimate of drug-likeness (QED) is 0.179. The number of ether oxygens (including phenoxy) is 2. The molecule has 0 saturated heterocycles. The molecule has 9 nitrogen and oxygen atoms in total. The lowest BCUT2D eigenvalue weighted by molar-refractivity contribution is -0.253. The third kappa shape index (κ3) is 7.33. The second-order valence-corrected chi connectivity index (χ2v) is 10.1. The lowest BCUT2D eigenvalue weighted by atomic mass is 10.2. The van der Waals surface area contributed by atoms with Crippen molar-refractivity contribution >= 4 is 39.6 Å². The van der Waals surface area contributed by atoms with E-state index in [9.17, 15) is 26.9 Å². The van der Waals surface area contributed by atoms with E-state index in [1.54, 1.807) is 25.1 Å². The van der Waals surface area contributed by atoms with Gasteiger partial charge in [-0.3, -0.25) is 4.79 Å². The third-order valence-electron chi connectivity index (χ3n) is 5.54. The number of amides is 1. The van der Waals surface area contributed by atoms with Crippen molar-refractivity contribution in [3.8, 4) is 17.2 Å². The van der Waals surface area contributed by atoms with Crippen molar-refractivity contribution in [2.75, 3.05) is 23.9 Å². The van der Waals surface area contributed by atoms with E-state index >= 15 is 0 Å². The Bertz CT molecular complexity index is 1480. The highest BCUT2D eigenvalue weighted by atomic mass is 32.2. The number of nitrogens with one attached hydrogen (secondary N) is 2. The van der Waals surface area contributed by atoms with Gasteiger partial charge < -0.3 is 29.2 Å². The summed E-state index contributed by atoms with van der Waals surface area (Å²) in [5.41, 5.74) is 2.76. The van der Waals surface area contributed by atoms with Crippen LogP contribution in [-0.4, -0.2) is 56.1 Å². The fraction of sp³-hybridized carbons (Fsp3) is 0.269. The Labute approximate surface area is 229 Å². The lowest BCUT2D eigenvalue weighted by Crippen LogP contribution is -2.33. The highest BCUT2D eigenvalue weighted by molar-refractivity contribution is 7.91. The average Bonchev–Trinajstić information content (AvgIpc) is 3.29. The van der Waals surface area contributed by atoms with Crippen molar-refractivity contribution in [3.63, 3.8) is 0 Å². The number of aromatic nitrogens is 3. The molecule has 1 atom stereocenters. The van der Waals surface area contributed by atoms with E-state index in [0.717, 1.165) is 12.1 Å². The van der Waals surface area contributed by atoms with E-state index in [1.165, 1.54) is 24.7 Å². The number of alkyl halides is 4. The monoisotopic (exact) mass is 579 g/mol. The summed E-state index contributed by atoms with van der Waals surface area (Å²) in [6, 6.07) is 12.0. The van der Waals surface area contributed by atoms with Gasteiger partial charge >= 0.3 is 12.5 Å². The maximum Gasteiger partial charge on any atom is 0.461 e. The molecule has 0 saturated carbocycles. The maximum absolute atomic E-state index is 13.3. The summed E-state index contributed by atoms with van der Waals surface area (Å²) in [6.07, 6.45) is -3.89. The number of rotatable bonds is 12. The number of carbonyl (C=O) groups excluding carboxylic acids is 1. The van der Waals surface area contributed by atoms with Crippen molar-refractivity contribution in [3.05, 3.63) is 66.6 Å². The van der Waals surface area contributed by atoms with Crippen molar-refractivity contribution in [2.24, 2.45) is 0 Å². The zero-order valence-electron chi connectivity index (χ0n) is 21.4. The van der Waals surface area contributed by atoms with Crippen LogP contribution in [0.1, 0.15) is 5.56 Å². The average molecular weight is 580 g/mol. The Morgan fingerprint density at radius 2 is 1.93 bits per heavy atom. The molecule has 0 aliphatic rings. The zero-order chi connectivity index (χ0) is 28.9. The predicted molar refractivity (Wildman–Crippen MR) is 142 cm³/mol. The Kier molecular flexibility index (Phi) is 9.00. The summed E-state index contributed by atoms with van der Waals surface area (Å²) >= 11 is -1.22. The van der Waals surface area contributed by atoms with Crippen LogP contribution >= 0.6 is 0 Å². The molecule has 1 amide bonds. The minimum Gasteiger partial charge on any atom is -0.616 e. The minimum absolute atomic E-state index is 0.0603. The molecule has 0 spiro atoms. The van der Waals surface area contributed by atoms with Gasteiger partial charge in [-0.25, -0.2) is 9.97 Å². The first-order valence-corrected chi connectivity index (χ1v) is 13.6. The van der Waals surface area contributed by atoms with Gasteiger partial charge in [0.25, 0.3) is 5.91 Å². The summed E-state index contributed by atoms with van der Waals surface area (Å²) in [5, 5.41) is 5.98. The minimum atomic E-state index is -4.63. The molecule has 14 heteroatoms. The zero-order valence-corrected chi connectivity index (χ0v) is 22.2. The molecule has 0 fully saturated rings. The van der Waals surface area contributed by atoms with Gasteiger partial charge in [-0.2, -0.15) is 17.6 Å². The van der Waals surface area contributed by atoms with Gasteiger partial charge in [0, 0.05) is 31.0 Å². The molecule has 4 rings (SSSR count). The Balaban J connectivity index is 1.46. The highest BCUT2D eigenvalue weighted by Gasteiger charge is 2.44. The molecule has 0 aliphatic heterocycles. The van der Waals surface area contributed by atoms with Crippen molar-refractivity contribution < 1.29 is 36.4 Å². The first kappa shape index (κ1) is 29.0. The van der Waals surface area contributed by atoms with Crippen LogP contribution in [0.25, 0.3) is 11.0 Å². The third-order valence-corrected chi connectivity index (χ3v) is 6.21. The number of carbonyl (C=O) groups is 1. The number of aryl methyl sites for hydroxylation is 1. The Hall–Kier alpha value is -4.04. The summed E-state index contributed by atoms with van der Waals surface area (Å²) in [5.74, 6) is 0.232. The fourth-order valence-electron chi connectivity index (χ4n) is 3.77. The molecule has 0 aliphatic carbocycles. The first-order valence-electron chi connectivity index (χ1n) is 11.9. The van der Waals surface area contributed by atoms with E-state index in [2.05, 4.69) is 25.3 Å². The van der Waals surface area contributed by atoms with Crippen LogP contribution in [0.4, 0.5) is 29.1 Å². The second-order valence-electron chi connectivity index (χ2n) is 8.68. The summed E-state index contributed by atoms with van der Waals surface area (Å²) in [6.45, 7) is 2.53. The summed E-state index contributed by atoms with van der Waals surface area (Å²) < 4.78 is 74.4. The van der Waals surface area contributed by atoms with E-state index in [-0.39, 0.29) is 17.4 Å². The fourth-order valence-corrected chi connectivity index (χ4v) is 4.24. The van der Waals surface area contributed by atoms with Crippen LogP contribution in [-0.2, 0) is 22.5 Å². The van der Waals surface area contributed by atoms with Crippen LogP contribution in [0, 0.1) is 6.92 Å². The molecule has 40 heavy (non-hydrogen) atoms. The predicted octanol–water partition coefficient (Wildman–Crippen LogP) is 5.01. The van der Waals surface area contributed by atoms with Gasteiger partial charge in [-0.1, -0.05) is 6.07 Å². The van der Waals surface area contributed by atoms with Crippen LogP contribution in [0.2, 0.25) is 0 Å². The van der Waals surface area contributed by atoms with Crippen LogP contribution in [0.5, 0.6) is 17.2 Å². The topological polar surface area (TPSA) is 113 Å². The van der Waals surface area contributed by atoms with E-state index < -0.39 is 29.5 Å². The molecule has 4 aromatic rings.